The van der Waals surface area contributed by atoms with Crippen LogP contribution in [0, 0.1) is 20.8 Å². The van der Waals surface area contributed by atoms with Crippen LogP contribution in [0.1, 0.15) is 22.6 Å². The van der Waals surface area contributed by atoms with Crippen LogP contribution in [-0.2, 0) is 13.6 Å². The minimum atomic E-state index is -0.0827. The quantitative estimate of drug-likeness (QED) is 0.489. The van der Waals surface area contributed by atoms with Gasteiger partial charge in [0.25, 0.3) is 5.56 Å². The van der Waals surface area contributed by atoms with Crippen molar-refractivity contribution in [1.29, 1.82) is 0 Å². The molecule has 0 fully saturated rings. The van der Waals surface area contributed by atoms with Gasteiger partial charge in [-0.3, -0.25) is 13.8 Å². The van der Waals surface area contributed by atoms with Crippen LogP contribution in [0.5, 0.6) is 0 Å². The van der Waals surface area contributed by atoms with Crippen molar-refractivity contribution in [2.24, 2.45) is 7.05 Å². The summed E-state index contributed by atoms with van der Waals surface area (Å²) in [4.78, 5) is 12.6. The van der Waals surface area contributed by atoms with Crippen molar-refractivity contribution in [3.63, 3.8) is 0 Å². The average Bonchev–Trinajstić information content (AvgIpc) is 3.36. The summed E-state index contributed by atoms with van der Waals surface area (Å²) in [7, 11) is 1.72. The summed E-state index contributed by atoms with van der Waals surface area (Å²) in [5.41, 5.74) is 6.08. The zero-order chi connectivity index (χ0) is 21.7. The molecule has 3 heterocycles. The van der Waals surface area contributed by atoms with Crippen molar-refractivity contribution in [3.8, 4) is 5.69 Å². The normalized spacial score (nSPS) is 11.5. The first-order valence-electron chi connectivity index (χ1n) is 10.1. The van der Waals surface area contributed by atoms with E-state index in [0.29, 0.717) is 17.7 Å². The maximum atomic E-state index is 12.6. The molecule has 8 nitrogen and oxygen atoms in total. The van der Waals surface area contributed by atoms with Gasteiger partial charge in [0.05, 0.1) is 40.7 Å². The van der Waals surface area contributed by atoms with E-state index in [1.807, 2.05) is 46.5 Å². The molecule has 3 aromatic heterocycles. The van der Waals surface area contributed by atoms with Crippen LogP contribution in [0.3, 0.4) is 0 Å². The Hall–Kier alpha value is -3.94. The van der Waals surface area contributed by atoms with Crippen molar-refractivity contribution >= 4 is 22.4 Å². The Bertz CT molecular complexity index is 1510. The van der Waals surface area contributed by atoms with Gasteiger partial charge in [-0.25, -0.2) is 4.68 Å². The molecule has 0 aliphatic rings. The highest BCUT2D eigenvalue weighted by molar-refractivity contribution is 5.80. The molecular weight excluding hydrogens is 390 g/mol. The molecule has 31 heavy (non-hydrogen) atoms. The maximum Gasteiger partial charge on any atom is 0.262 e. The van der Waals surface area contributed by atoms with Gasteiger partial charge in [0, 0.05) is 7.05 Å². The van der Waals surface area contributed by atoms with Gasteiger partial charge in [-0.15, -0.1) is 10.2 Å². The first-order valence-corrected chi connectivity index (χ1v) is 10.1. The molecule has 0 unspecified atom stereocenters. The van der Waals surface area contributed by atoms with E-state index in [9.17, 15) is 4.79 Å². The zero-order valence-electron chi connectivity index (χ0n) is 17.9. The second-order valence-electron chi connectivity index (χ2n) is 7.83. The first kappa shape index (κ1) is 19.0. The van der Waals surface area contributed by atoms with Crippen LogP contribution < -0.4 is 10.9 Å². The number of nitrogens with one attached hydrogen (secondary N) is 1. The molecule has 0 aliphatic heterocycles. The Labute approximate surface area is 178 Å². The first-order chi connectivity index (χ1) is 15.0. The topological polar surface area (TPSA) is 82.0 Å². The second kappa shape index (κ2) is 7.09. The molecule has 5 aromatic rings. The van der Waals surface area contributed by atoms with Gasteiger partial charge in [-0.05, 0) is 50.1 Å². The Morgan fingerprint density at radius 1 is 1.03 bits per heavy atom. The smallest absolute Gasteiger partial charge is 0.262 e. The van der Waals surface area contributed by atoms with E-state index < -0.39 is 0 Å². The molecule has 0 spiro atoms. The van der Waals surface area contributed by atoms with Gasteiger partial charge in [0.15, 0.2) is 5.82 Å². The number of nitrogens with zero attached hydrogens (tertiary/aromatic N) is 6. The molecule has 0 bridgehead atoms. The minimum Gasteiger partial charge on any atom is -0.375 e. The summed E-state index contributed by atoms with van der Waals surface area (Å²) in [6.07, 6.45) is 1.83. The van der Waals surface area contributed by atoms with Crippen LogP contribution in [0.2, 0.25) is 0 Å². The molecule has 0 amide bonds. The Kier molecular flexibility index (Phi) is 4.35. The van der Waals surface area contributed by atoms with E-state index >= 15 is 0 Å². The number of fused-ring (bicyclic) bond motifs is 3. The van der Waals surface area contributed by atoms with Crippen molar-refractivity contribution in [1.82, 2.24) is 28.9 Å². The lowest BCUT2D eigenvalue weighted by Gasteiger charge is -2.11. The number of benzene rings is 2. The van der Waals surface area contributed by atoms with Crippen molar-refractivity contribution < 1.29 is 0 Å². The Morgan fingerprint density at radius 3 is 2.68 bits per heavy atom. The second-order valence-corrected chi connectivity index (χ2v) is 7.83. The van der Waals surface area contributed by atoms with Gasteiger partial charge in [-0.2, -0.15) is 5.10 Å². The van der Waals surface area contributed by atoms with E-state index in [0.717, 1.165) is 28.4 Å². The van der Waals surface area contributed by atoms with Gasteiger partial charge in [-0.1, -0.05) is 24.3 Å². The van der Waals surface area contributed by atoms with E-state index in [2.05, 4.69) is 52.7 Å². The molecule has 0 saturated carbocycles. The SMILES string of the molecule is Cc1ccc(C)c(-n2ncc(NCc3nnc4n(C)c(=O)c5ccccc5n34)c2C)c1. The van der Waals surface area contributed by atoms with E-state index in [-0.39, 0.29) is 5.56 Å². The standard InChI is InChI=1S/C23H23N7O/c1-14-9-10-15(2)20(11-14)30-16(3)18(12-25-30)24-13-21-26-27-23-28(4)22(31)17-7-5-6-8-19(17)29(21)23/h5-12,24H,13H2,1-4H3. The highest BCUT2D eigenvalue weighted by atomic mass is 16.1. The van der Waals surface area contributed by atoms with Crippen molar-refractivity contribution in [3.05, 3.63) is 81.7 Å². The molecule has 156 valence electrons. The fourth-order valence-corrected chi connectivity index (χ4v) is 3.95. The average molecular weight is 413 g/mol. The van der Waals surface area contributed by atoms with E-state index in [4.69, 9.17) is 0 Å². The highest BCUT2D eigenvalue weighted by Crippen LogP contribution is 2.22. The van der Waals surface area contributed by atoms with Crippen LogP contribution in [0.15, 0.2) is 53.5 Å². The number of rotatable bonds is 4. The Balaban J connectivity index is 1.52. The summed E-state index contributed by atoms with van der Waals surface area (Å²) in [6.45, 7) is 6.65. The van der Waals surface area contributed by atoms with E-state index in [1.54, 1.807) is 7.05 Å². The van der Waals surface area contributed by atoms with Gasteiger partial charge in [0.1, 0.15) is 0 Å². The summed E-state index contributed by atoms with van der Waals surface area (Å²) in [5, 5.41) is 17.3. The third-order valence-corrected chi connectivity index (χ3v) is 5.73. The summed E-state index contributed by atoms with van der Waals surface area (Å²) in [6, 6.07) is 13.9. The van der Waals surface area contributed by atoms with Gasteiger partial charge < -0.3 is 5.32 Å². The lowest BCUT2D eigenvalue weighted by molar-refractivity contribution is 0.838. The van der Waals surface area contributed by atoms with E-state index in [1.165, 1.54) is 15.7 Å². The number of anilines is 1. The largest absolute Gasteiger partial charge is 0.375 e. The predicted octanol–water partition coefficient (Wildman–Crippen LogP) is 3.30. The molecule has 5 rings (SSSR count). The lowest BCUT2D eigenvalue weighted by atomic mass is 10.1. The monoisotopic (exact) mass is 413 g/mol. The van der Waals surface area contributed by atoms with Crippen LogP contribution in [-0.4, -0.2) is 28.9 Å². The fraction of sp³-hybridized carbons (Fsp3) is 0.217. The van der Waals surface area contributed by atoms with Gasteiger partial charge >= 0.3 is 0 Å². The molecule has 0 radical (unpaired) electrons. The van der Waals surface area contributed by atoms with Crippen LogP contribution >= 0.6 is 0 Å². The molecule has 0 aliphatic carbocycles. The van der Waals surface area contributed by atoms with Crippen molar-refractivity contribution in [2.75, 3.05) is 5.32 Å². The summed E-state index contributed by atoms with van der Waals surface area (Å²) in [5.74, 6) is 1.24. The van der Waals surface area contributed by atoms with Gasteiger partial charge in [0.2, 0.25) is 5.78 Å². The highest BCUT2D eigenvalue weighted by Gasteiger charge is 2.16. The van der Waals surface area contributed by atoms with Crippen molar-refractivity contribution in [2.45, 2.75) is 27.3 Å². The molecule has 2 aromatic carbocycles. The predicted molar refractivity (Wildman–Crippen MR) is 121 cm³/mol. The number of aryl methyl sites for hydroxylation is 3. The third kappa shape index (κ3) is 2.99. The third-order valence-electron chi connectivity index (χ3n) is 5.73. The molecule has 8 heteroatoms. The number of hydrogen-bond donors (Lipinski definition) is 1. The summed E-state index contributed by atoms with van der Waals surface area (Å²) < 4.78 is 5.41. The molecule has 0 atom stereocenters. The zero-order valence-corrected chi connectivity index (χ0v) is 17.9. The maximum absolute atomic E-state index is 12.6. The molecule has 1 N–H and O–H groups in total. The number of para-hydroxylation sites is 1. The summed E-state index contributed by atoms with van der Waals surface area (Å²) >= 11 is 0. The fourth-order valence-electron chi connectivity index (χ4n) is 3.95. The Morgan fingerprint density at radius 2 is 1.84 bits per heavy atom. The molecule has 0 saturated heterocycles. The molecular formula is C23H23N7O. The van der Waals surface area contributed by atoms with Crippen LogP contribution in [0.4, 0.5) is 5.69 Å². The number of hydrogen-bond acceptors (Lipinski definition) is 5. The number of aromatic nitrogens is 6. The minimum absolute atomic E-state index is 0.0827. The lowest BCUT2D eigenvalue weighted by Crippen LogP contribution is -2.20. The van der Waals surface area contributed by atoms with Crippen LogP contribution in [0.25, 0.3) is 22.4 Å².